The number of H-pyrrole nitrogens is 1. The number of rotatable bonds is 5. The highest BCUT2D eigenvalue weighted by molar-refractivity contribution is 7.09. The fourth-order valence-corrected chi connectivity index (χ4v) is 3.94. The van der Waals surface area contributed by atoms with Gasteiger partial charge in [-0.25, -0.2) is 0 Å². The Morgan fingerprint density at radius 2 is 1.80 bits per heavy atom. The normalized spacial score (nSPS) is 11.2. The Kier molecular flexibility index (Phi) is 5.42. The third-order valence-corrected chi connectivity index (χ3v) is 5.52. The number of benzene rings is 1. The molecular formula is C20H21ClN2OS. The van der Waals surface area contributed by atoms with Crippen LogP contribution in [0.2, 0.25) is 5.02 Å². The minimum Gasteiger partial charge on any atom is -0.361 e. The smallest absolute Gasteiger partial charge is 0.208 e. The van der Waals surface area contributed by atoms with E-state index in [4.69, 9.17) is 11.6 Å². The lowest BCUT2D eigenvalue weighted by molar-refractivity contribution is 0.322. The maximum Gasteiger partial charge on any atom is 0.208 e. The highest BCUT2D eigenvalue weighted by Crippen LogP contribution is 2.23. The summed E-state index contributed by atoms with van der Waals surface area (Å²) in [5, 5.41) is 2.37. The predicted octanol–water partition coefficient (Wildman–Crippen LogP) is 5.01. The minimum atomic E-state index is -0.113. The Morgan fingerprint density at radius 3 is 2.44 bits per heavy atom. The number of nitrogens with zero attached hydrogens (tertiary/aromatic N) is 1. The zero-order valence-corrected chi connectivity index (χ0v) is 16.2. The van der Waals surface area contributed by atoms with Crippen LogP contribution in [0.15, 0.2) is 46.6 Å². The van der Waals surface area contributed by atoms with Crippen molar-refractivity contribution in [1.82, 2.24) is 9.88 Å². The first-order valence-electron chi connectivity index (χ1n) is 8.15. The van der Waals surface area contributed by atoms with E-state index in [1.165, 1.54) is 10.4 Å². The van der Waals surface area contributed by atoms with E-state index >= 15 is 0 Å². The average molecular weight is 373 g/mol. The number of halogens is 1. The highest BCUT2D eigenvalue weighted by Gasteiger charge is 2.13. The van der Waals surface area contributed by atoms with Gasteiger partial charge in [0.1, 0.15) is 5.02 Å². The topological polar surface area (TPSA) is 36.1 Å². The summed E-state index contributed by atoms with van der Waals surface area (Å²) in [6.45, 7) is 5.52. The first-order chi connectivity index (χ1) is 12.0. The van der Waals surface area contributed by atoms with Crippen molar-refractivity contribution in [3.63, 3.8) is 0 Å². The number of aromatic nitrogens is 1. The van der Waals surface area contributed by atoms with Crippen LogP contribution >= 0.6 is 22.9 Å². The number of hydrogen-bond donors (Lipinski definition) is 1. The van der Waals surface area contributed by atoms with Gasteiger partial charge in [-0.1, -0.05) is 41.9 Å². The van der Waals surface area contributed by atoms with Gasteiger partial charge < -0.3 is 4.98 Å². The quantitative estimate of drug-likeness (QED) is 0.683. The number of aryl methyl sites for hydroxylation is 2. The Bertz CT molecular complexity index is 914. The molecular weight excluding hydrogens is 352 g/mol. The highest BCUT2D eigenvalue weighted by atomic mass is 35.5. The van der Waals surface area contributed by atoms with Gasteiger partial charge in [0.05, 0.1) is 0 Å². The first kappa shape index (κ1) is 17.9. The van der Waals surface area contributed by atoms with E-state index in [1.807, 2.05) is 26.0 Å². The van der Waals surface area contributed by atoms with Gasteiger partial charge in [-0.05, 0) is 43.5 Å². The van der Waals surface area contributed by atoms with E-state index in [-0.39, 0.29) is 10.5 Å². The summed E-state index contributed by atoms with van der Waals surface area (Å²) in [5.74, 6) is 0. The summed E-state index contributed by atoms with van der Waals surface area (Å²) < 4.78 is 0. The fraction of sp³-hybridized carbons (Fsp3) is 0.250. The Balaban J connectivity index is 1.79. The standard InChI is InChI=1S/C20H21ClN2OS/c1-13-18(20(24)19(21)14(2)22-13)16-8-6-15(7-9-16)11-23(3)12-17-5-4-10-25-17/h4-10H,11-12H2,1-3H3,(H,22,24). The average Bonchev–Trinajstić information content (AvgIpc) is 3.07. The lowest BCUT2D eigenvalue weighted by atomic mass is 10.0. The predicted molar refractivity (Wildman–Crippen MR) is 106 cm³/mol. The number of thiophene rings is 1. The monoisotopic (exact) mass is 372 g/mol. The number of hydrogen-bond acceptors (Lipinski definition) is 3. The van der Waals surface area contributed by atoms with E-state index in [9.17, 15) is 4.79 Å². The summed E-state index contributed by atoms with van der Waals surface area (Å²) in [6.07, 6.45) is 0. The van der Waals surface area contributed by atoms with Gasteiger partial charge in [0.25, 0.3) is 0 Å². The van der Waals surface area contributed by atoms with Gasteiger partial charge in [-0.2, -0.15) is 0 Å². The van der Waals surface area contributed by atoms with Crippen LogP contribution in [0.4, 0.5) is 0 Å². The van der Waals surface area contributed by atoms with Crippen LogP contribution in [0.3, 0.4) is 0 Å². The molecule has 1 aromatic carbocycles. The van der Waals surface area contributed by atoms with Crippen LogP contribution in [0, 0.1) is 13.8 Å². The molecule has 25 heavy (non-hydrogen) atoms. The maximum atomic E-state index is 12.5. The molecule has 0 aliphatic carbocycles. The van der Waals surface area contributed by atoms with Crippen molar-refractivity contribution in [3.8, 4) is 11.1 Å². The van der Waals surface area contributed by atoms with Crippen molar-refractivity contribution in [2.24, 2.45) is 0 Å². The van der Waals surface area contributed by atoms with Crippen molar-refractivity contribution in [3.05, 3.63) is 78.9 Å². The molecule has 0 saturated carbocycles. The maximum absolute atomic E-state index is 12.5. The van der Waals surface area contributed by atoms with E-state index < -0.39 is 0 Å². The minimum absolute atomic E-state index is 0.113. The SMILES string of the molecule is Cc1[nH]c(C)c(-c2ccc(CN(C)Cc3cccs3)cc2)c(=O)c1Cl. The lowest BCUT2D eigenvalue weighted by Crippen LogP contribution is -2.16. The van der Waals surface area contributed by atoms with Crippen molar-refractivity contribution in [2.75, 3.05) is 7.05 Å². The van der Waals surface area contributed by atoms with Crippen LogP contribution in [0.25, 0.3) is 11.1 Å². The number of aromatic amines is 1. The van der Waals surface area contributed by atoms with E-state index in [1.54, 1.807) is 11.3 Å². The molecule has 3 nitrogen and oxygen atoms in total. The molecule has 0 spiro atoms. The molecule has 0 bridgehead atoms. The van der Waals surface area contributed by atoms with Crippen molar-refractivity contribution < 1.29 is 0 Å². The van der Waals surface area contributed by atoms with Crippen LogP contribution in [-0.4, -0.2) is 16.9 Å². The van der Waals surface area contributed by atoms with Gasteiger partial charge >= 0.3 is 0 Å². The van der Waals surface area contributed by atoms with E-state index in [0.717, 1.165) is 24.3 Å². The van der Waals surface area contributed by atoms with Gasteiger partial charge in [0.15, 0.2) is 0 Å². The molecule has 0 unspecified atom stereocenters. The molecule has 0 atom stereocenters. The van der Waals surface area contributed by atoms with Gasteiger partial charge in [0.2, 0.25) is 5.43 Å². The molecule has 0 amide bonds. The van der Waals surface area contributed by atoms with Crippen molar-refractivity contribution >= 4 is 22.9 Å². The summed E-state index contributed by atoms with van der Waals surface area (Å²) in [5.41, 5.74) is 4.20. The van der Waals surface area contributed by atoms with Crippen LogP contribution in [0.5, 0.6) is 0 Å². The fourth-order valence-electron chi connectivity index (χ4n) is 3.01. The van der Waals surface area contributed by atoms with E-state index in [2.05, 4.69) is 46.6 Å². The van der Waals surface area contributed by atoms with Gasteiger partial charge in [-0.15, -0.1) is 11.3 Å². The molecule has 2 heterocycles. The molecule has 0 aliphatic heterocycles. The van der Waals surface area contributed by atoms with Crippen LogP contribution in [-0.2, 0) is 13.1 Å². The zero-order valence-electron chi connectivity index (χ0n) is 14.6. The summed E-state index contributed by atoms with van der Waals surface area (Å²) in [7, 11) is 2.11. The molecule has 1 N–H and O–H groups in total. The number of nitrogens with one attached hydrogen (secondary N) is 1. The van der Waals surface area contributed by atoms with Crippen molar-refractivity contribution in [2.45, 2.75) is 26.9 Å². The summed E-state index contributed by atoms with van der Waals surface area (Å²) in [6, 6.07) is 12.4. The summed E-state index contributed by atoms with van der Waals surface area (Å²) >= 11 is 7.90. The second-order valence-electron chi connectivity index (χ2n) is 6.34. The second-order valence-corrected chi connectivity index (χ2v) is 7.75. The summed E-state index contributed by atoms with van der Waals surface area (Å²) in [4.78, 5) is 19.3. The van der Waals surface area contributed by atoms with Gasteiger partial charge in [-0.3, -0.25) is 9.69 Å². The Morgan fingerprint density at radius 1 is 1.08 bits per heavy atom. The Labute approximate surface area is 156 Å². The third-order valence-electron chi connectivity index (χ3n) is 4.21. The van der Waals surface area contributed by atoms with Crippen LogP contribution in [0.1, 0.15) is 21.8 Å². The first-order valence-corrected chi connectivity index (χ1v) is 9.40. The number of pyridine rings is 1. The lowest BCUT2D eigenvalue weighted by Gasteiger charge is -2.16. The van der Waals surface area contributed by atoms with Crippen LogP contribution < -0.4 is 5.43 Å². The largest absolute Gasteiger partial charge is 0.361 e. The van der Waals surface area contributed by atoms with Crippen molar-refractivity contribution in [1.29, 1.82) is 0 Å². The zero-order chi connectivity index (χ0) is 18.0. The molecule has 130 valence electrons. The van der Waals surface area contributed by atoms with E-state index in [0.29, 0.717) is 11.3 Å². The molecule has 2 aromatic heterocycles. The third kappa shape index (κ3) is 4.03. The molecule has 5 heteroatoms. The molecule has 3 aromatic rings. The molecule has 0 aliphatic rings. The molecule has 0 radical (unpaired) electrons. The Hall–Kier alpha value is -1.88. The van der Waals surface area contributed by atoms with Gasteiger partial charge in [0, 0.05) is 34.9 Å². The second kappa shape index (κ2) is 7.56. The molecule has 0 saturated heterocycles. The molecule has 0 fully saturated rings. The molecule has 3 rings (SSSR count).